The van der Waals surface area contributed by atoms with E-state index >= 15 is 0 Å². The smallest absolute Gasteiger partial charge is 0.0361 e. The Morgan fingerprint density at radius 2 is 2.29 bits per heavy atom. The lowest BCUT2D eigenvalue weighted by Crippen LogP contribution is -1.88. The minimum atomic E-state index is 0.398. The Morgan fingerprint density at radius 1 is 1.71 bits per heavy atom. The van der Waals surface area contributed by atoms with Gasteiger partial charge in [0.25, 0.3) is 0 Å². The van der Waals surface area contributed by atoms with Crippen molar-refractivity contribution in [3.05, 3.63) is 12.7 Å². The SMILES string of the molecule is C=CC(=N)CC=N. The zero-order valence-electron chi connectivity index (χ0n) is 4.07. The molecule has 38 valence electrons. The molecule has 0 radical (unpaired) electrons. The van der Waals surface area contributed by atoms with Crippen LogP contribution in [0.5, 0.6) is 0 Å². The second kappa shape index (κ2) is 3.28. The van der Waals surface area contributed by atoms with Crippen LogP contribution in [-0.4, -0.2) is 11.9 Å². The lowest BCUT2D eigenvalue weighted by atomic mass is 10.3. The van der Waals surface area contributed by atoms with E-state index in [2.05, 4.69) is 6.58 Å². The molecule has 0 aliphatic carbocycles. The average molecular weight is 96.1 g/mol. The summed E-state index contributed by atoms with van der Waals surface area (Å²) >= 11 is 0. The van der Waals surface area contributed by atoms with Gasteiger partial charge in [-0.2, -0.15) is 0 Å². The van der Waals surface area contributed by atoms with Crippen LogP contribution in [0.1, 0.15) is 6.42 Å². The molecular weight excluding hydrogens is 88.1 g/mol. The first-order valence-electron chi connectivity index (χ1n) is 2.00. The molecule has 0 saturated carbocycles. The standard InChI is InChI=1S/C5H8N2/c1-2-5(7)3-4-6/h2,4,6-7H,1,3H2. The first kappa shape index (κ1) is 6.08. The Balaban J connectivity index is 3.36. The van der Waals surface area contributed by atoms with E-state index in [1.54, 1.807) is 0 Å². The second-order valence-corrected chi connectivity index (χ2v) is 1.14. The topological polar surface area (TPSA) is 47.7 Å². The van der Waals surface area contributed by atoms with Crippen LogP contribution in [0.25, 0.3) is 0 Å². The maximum atomic E-state index is 6.87. The average Bonchev–Trinajstić information content (AvgIpc) is 1.68. The van der Waals surface area contributed by atoms with Crippen LogP contribution in [-0.2, 0) is 0 Å². The molecule has 0 aromatic heterocycles. The van der Waals surface area contributed by atoms with Crippen LogP contribution in [0.2, 0.25) is 0 Å². The molecule has 0 aliphatic heterocycles. The fourth-order valence-corrected chi connectivity index (χ4v) is 0.193. The van der Waals surface area contributed by atoms with Gasteiger partial charge in [0, 0.05) is 18.3 Å². The predicted octanol–water partition coefficient (Wildman–Crippen LogP) is 1.23. The molecule has 0 aromatic carbocycles. The Labute approximate surface area is 42.9 Å². The highest BCUT2D eigenvalue weighted by atomic mass is 14.4. The zero-order chi connectivity index (χ0) is 5.70. The molecule has 0 bridgehead atoms. The molecule has 0 rings (SSSR count). The van der Waals surface area contributed by atoms with E-state index in [0.29, 0.717) is 12.1 Å². The van der Waals surface area contributed by atoms with Crippen molar-refractivity contribution in [3.63, 3.8) is 0 Å². The molecule has 2 N–H and O–H groups in total. The first-order valence-corrected chi connectivity index (χ1v) is 2.00. The first-order chi connectivity index (χ1) is 3.31. The molecule has 0 heterocycles. The third-order valence-electron chi connectivity index (χ3n) is 0.568. The van der Waals surface area contributed by atoms with Crippen LogP contribution in [0.15, 0.2) is 12.7 Å². The summed E-state index contributed by atoms with van der Waals surface area (Å²) in [6.07, 6.45) is 3.03. The van der Waals surface area contributed by atoms with Crippen molar-refractivity contribution in [2.75, 3.05) is 0 Å². The third kappa shape index (κ3) is 2.89. The van der Waals surface area contributed by atoms with Gasteiger partial charge in [0.2, 0.25) is 0 Å². The summed E-state index contributed by atoms with van der Waals surface area (Å²) < 4.78 is 0. The van der Waals surface area contributed by atoms with Crippen molar-refractivity contribution in [1.29, 1.82) is 10.8 Å². The van der Waals surface area contributed by atoms with Crippen molar-refractivity contribution < 1.29 is 0 Å². The van der Waals surface area contributed by atoms with E-state index in [0.717, 1.165) is 0 Å². The number of hydrogen-bond acceptors (Lipinski definition) is 2. The Morgan fingerprint density at radius 3 is 2.43 bits per heavy atom. The summed E-state index contributed by atoms with van der Waals surface area (Å²) in [4.78, 5) is 0. The van der Waals surface area contributed by atoms with Gasteiger partial charge < -0.3 is 10.8 Å². The quantitative estimate of drug-likeness (QED) is 0.496. The van der Waals surface area contributed by atoms with Crippen molar-refractivity contribution in [2.24, 2.45) is 0 Å². The summed E-state index contributed by atoms with van der Waals surface area (Å²) in [7, 11) is 0. The normalized spacial score (nSPS) is 7.43. The Bertz CT molecular complexity index is 94.3. The maximum absolute atomic E-state index is 6.87. The molecule has 2 heteroatoms. The summed E-state index contributed by atoms with van der Waals surface area (Å²) in [5.74, 6) is 0. The minimum Gasteiger partial charge on any atom is -0.313 e. The minimum absolute atomic E-state index is 0.398. The second-order valence-electron chi connectivity index (χ2n) is 1.14. The molecule has 7 heavy (non-hydrogen) atoms. The number of nitrogens with one attached hydrogen (secondary N) is 2. The van der Waals surface area contributed by atoms with Gasteiger partial charge in [-0.1, -0.05) is 6.58 Å². The maximum Gasteiger partial charge on any atom is 0.0361 e. The number of rotatable bonds is 3. The van der Waals surface area contributed by atoms with Crippen LogP contribution in [0, 0.1) is 10.8 Å². The Kier molecular flexibility index (Phi) is 2.85. The molecule has 0 unspecified atom stereocenters. The van der Waals surface area contributed by atoms with Crippen molar-refractivity contribution in [1.82, 2.24) is 0 Å². The van der Waals surface area contributed by atoms with E-state index in [1.165, 1.54) is 12.3 Å². The third-order valence-corrected chi connectivity index (χ3v) is 0.568. The molecular formula is C5H8N2. The predicted molar refractivity (Wildman–Crippen MR) is 31.3 cm³/mol. The summed E-state index contributed by atoms with van der Waals surface area (Å²) in [6.45, 7) is 3.35. The number of hydrogen-bond donors (Lipinski definition) is 2. The zero-order valence-corrected chi connectivity index (χ0v) is 4.07. The fraction of sp³-hybridized carbons (Fsp3) is 0.200. The van der Waals surface area contributed by atoms with Gasteiger partial charge >= 0.3 is 0 Å². The summed E-state index contributed by atoms with van der Waals surface area (Å²) in [6, 6.07) is 0. The van der Waals surface area contributed by atoms with Crippen molar-refractivity contribution in [2.45, 2.75) is 6.42 Å². The highest BCUT2D eigenvalue weighted by molar-refractivity contribution is 5.99. The van der Waals surface area contributed by atoms with Gasteiger partial charge in [0.05, 0.1) is 0 Å². The monoisotopic (exact) mass is 96.1 g/mol. The molecule has 0 aliphatic rings. The molecule has 0 aromatic rings. The Hall–Kier alpha value is -0.920. The van der Waals surface area contributed by atoms with Crippen LogP contribution < -0.4 is 0 Å². The molecule has 0 fully saturated rings. The van der Waals surface area contributed by atoms with E-state index in [9.17, 15) is 0 Å². The van der Waals surface area contributed by atoms with E-state index < -0.39 is 0 Å². The van der Waals surface area contributed by atoms with Crippen LogP contribution >= 0.6 is 0 Å². The van der Waals surface area contributed by atoms with Gasteiger partial charge in [-0.15, -0.1) is 0 Å². The summed E-state index contributed by atoms with van der Waals surface area (Å²) in [5.41, 5.74) is 0.398. The molecule has 0 amide bonds. The molecule has 0 spiro atoms. The molecule has 2 nitrogen and oxygen atoms in total. The largest absolute Gasteiger partial charge is 0.313 e. The fourth-order valence-electron chi connectivity index (χ4n) is 0.193. The van der Waals surface area contributed by atoms with Crippen LogP contribution in [0.4, 0.5) is 0 Å². The van der Waals surface area contributed by atoms with Gasteiger partial charge in [0.15, 0.2) is 0 Å². The number of allylic oxidation sites excluding steroid dienone is 1. The van der Waals surface area contributed by atoms with E-state index in [-0.39, 0.29) is 0 Å². The van der Waals surface area contributed by atoms with Gasteiger partial charge in [0.1, 0.15) is 0 Å². The lowest BCUT2D eigenvalue weighted by Gasteiger charge is -1.82. The highest BCUT2D eigenvalue weighted by Gasteiger charge is 1.80. The van der Waals surface area contributed by atoms with Crippen molar-refractivity contribution in [3.8, 4) is 0 Å². The molecule has 0 atom stereocenters. The van der Waals surface area contributed by atoms with Gasteiger partial charge in [-0.3, -0.25) is 0 Å². The molecule has 0 saturated heterocycles. The van der Waals surface area contributed by atoms with Crippen molar-refractivity contribution >= 4 is 11.9 Å². The van der Waals surface area contributed by atoms with Crippen LogP contribution in [0.3, 0.4) is 0 Å². The van der Waals surface area contributed by atoms with Gasteiger partial charge in [-0.05, 0) is 6.08 Å². The lowest BCUT2D eigenvalue weighted by molar-refractivity contribution is 1.41. The summed E-state index contributed by atoms with van der Waals surface area (Å²) in [5, 5.41) is 13.4. The van der Waals surface area contributed by atoms with Gasteiger partial charge in [-0.25, -0.2) is 0 Å². The van der Waals surface area contributed by atoms with E-state index in [1.807, 2.05) is 0 Å². The highest BCUT2D eigenvalue weighted by Crippen LogP contribution is 1.76. The van der Waals surface area contributed by atoms with E-state index in [4.69, 9.17) is 10.8 Å².